The minimum atomic E-state index is -0.0121. The highest BCUT2D eigenvalue weighted by atomic mass is 16.5. The van der Waals surface area contributed by atoms with Crippen molar-refractivity contribution in [2.45, 2.75) is 51.2 Å². The third kappa shape index (κ3) is 5.65. The number of hydrogen-bond donors (Lipinski definition) is 1. The van der Waals surface area contributed by atoms with E-state index in [1.165, 1.54) is 12.0 Å². The van der Waals surface area contributed by atoms with Crippen LogP contribution in [0.25, 0.3) is 0 Å². The summed E-state index contributed by atoms with van der Waals surface area (Å²) in [6, 6.07) is 11.3. The molecule has 0 heterocycles. The second kappa shape index (κ2) is 7.55. The van der Waals surface area contributed by atoms with E-state index in [9.17, 15) is 0 Å². The lowest BCUT2D eigenvalue weighted by Gasteiger charge is -2.25. The molecule has 0 aliphatic carbocycles. The first-order valence-electron chi connectivity index (χ1n) is 6.84. The lowest BCUT2D eigenvalue weighted by molar-refractivity contribution is 0.0117. The summed E-state index contributed by atoms with van der Waals surface area (Å²) in [7, 11) is 3.84. The molecule has 0 aromatic heterocycles. The summed E-state index contributed by atoms with van der Waals surface area (Å²) in [6.07, 6.45) is 4.56. The maximum absolute atomic E-state index is 5.47. The summed E-state index contributed by atoms with van der Waals surface area (Å²) < 4.78 is 5.47. The Bertz CT molecular complexity index is 321. The van der Waals surface area contributed by atoms with E-state index < -0.39 is 0 Å². The summed E-state index contributed by atoms with van der Waals surface area (Å²) in [5, 5.41) is 3.41. The lowest BCUT2D eigenvalue weighted by atomic mass is 9.95. The van der Waals surface area contributed by atoms with E-state index in [4.69, 9.17) is 4.74 Å². The first-order chi connectivity index (χ1) is 8.57. The average Bonchev–Trinajstić information content (AvgIpc) is 2.40. The van der Waals surface area contributed by atoms with Gasteiger partial charge in [-0.1, -0.05) is 30.3 Å². The monoisotopic (exact) mass is 249 g/mol. The van der Waals surface area contributed by atoms with Crippen LogP contribution in [0.15, 0.2) is 30.3 Å². The second-order valence-corrected chi connectivity index (χ2v) is 5.51. The van der Waals surface area contributed by atoms with Gasteiger partial charge in [0.15, 0.2) is 0 Å². The topological polar surface area (TPSA) is 21.3 Å². The van der Waals surface area contributed by atoms with Crippen molar-refractivity contribution < 1.29 is 4.74 Å². The highest BCUT2D eigenvalue weighted by molar-refractivity contribution is 5.14. The summed E-state index contributed by atoms with van der Waals surface area (Å²) >= 11 is 0. The van der Waals surface area contributed by atoms with Crippen LogP contribution >= 0.6 is 0 Å². The van der Waals surface area contributed by atoms with Crippen LogP contribution in [0.5, 0.6) is 0 Å². The van der Waals surface area contributed by atoms with Gasteiger partial charge in [-0.3, -0.25) is 0 Å². The van der Waals surface area contributed by atoms with Gasteiger partial charge in [-0.2, -0.15) is 0 Å². The Labute approximate surface area is 112 Å². The first-order valence-corrected chi connectivity index (χ1v) is 6.84. The Kier molecular flexibility index (Phi) is 6.37. The Balaban J connectivity index is 2.34. The molecule has 0 fully saturated rings. The summed E-state index contributed by atoms with van der Waals surface area (Å²) in [5.41, 5.74) is 1.41. The van der Waals surface area contributed by atoms with Gasteiger partial charge in [0.2, 0.25) is 0 Å². The smallest absolute Gasteiger partial charge is 0.0623 e. The molecule has 0 saturated carbocycles. The Morgan fingerprint density at radius 1 is 1.17 bits per heavy atom. The van der Waals surface area contributed by atoms with Crippen LogP contribution in [-0.4, -0.2) is 25.8 Å². The van der Waals surface area contributed by atoms with Crippen LogP contribution in [-0.2, 0) is 11.2 Å². The zero-order chi connectivity index (χ0) is 13.4. The Hall–Kier alpha value is -0.860. The molecule has 1 N–H and O–H groups in total. The molecular weight excluding hydrogens is 222 g/mol. The maximum Gasteiger partial charge on any atom is 0.0623 e. The van der Waals surface area contributed by atoms with Crippen molar-refractivity contribution in [1.29, 1.82) is 0 Å². The van der Waals surface area contributed by atoms with Gasteiger partial charge in [-0.05, 0) is 52.1 Å². The van der Waals surface area contributed by atoms with Crippen molar-refractivity contribution in [3.05, 3.63) is 35.9 Å². The van der Waals surface area contributed by atoms with Crippen molar-refractivity contribution in [1.82, 2.24) is 5.32 Å². The molecule has 0 spiro atoms. The number of ether oxygens (including phenoxy) is 1. The number of nitrogens with one attached hydrogen (secondary N) is 1. The van der Waals surface area contributed by atoms with E-state index in [0.29, 0.717) is 6.04 Å². The van der Waals surface area contributed by atoms with Gasteiger partial charge in [0, 0.05) is 13.2 Å². The predicted molar refractivity (Wildman–Crippen MR) is 77.9 cm³/mol. The normalized spacial score (nSPS) is 13.6. The molecule has 0 amide bonds. The molecule has 0 radical (unpaired) electrons. The molecule has 2 heteroatoms. The van der Waals surface area contributed by atoms with E-state index >= 15 is 0 Å². The molecule has 0 aliphatic rings. The van der Waals surface area contributed by atoms with Crippen LogP contribution in [0, 0.1) is 0 Å². The van der Waals surface area contributed by atoms with Crippen molar-refractivity contribution in [2.75, 3.05) is 14.2 Å². The SMILES string of the molecule is CNC(CCc1ccccc1)CCC(C)(C)OC. The third-order valence-corrected chi connectivity index (χ3v) is 3.68. The second-order valence-electron chi connectivity index (χ2n) is 5.51. The minimum Gasteiger partial charge on any atom is -0.379 e. The Morgan fingerprint density at radius 3 is 2.39 bits per heavy atom. The van der Waals surface area contributed by atoms with Crippen LogP contribution in [0.2, 0.25) is 0 Å². The van der Waals surface area contributed by atoms with Gasteiger partial charge >= 0.3 is 0 Å². The molecule has 1 aromatic rings. The Morgan fingerprint density at radius 2 is 1.83 bits per heavy atom. The van der Waals surface area contributed by atoms with Crippen LogP contribution in [0.1, 0.15) is 38.7 Å². The van der Waals surface area contributed by atoms with Crippen molar-refractivity contribution >= 4 is 0 Å². The maximum atomic E-state index is 5.47. The molecule has 2 nitrogen and oxygen atoms in total. The van der Waals surface area contributed by atoms with E-state index in [1.807, 2.05) is 0 Å². The minimum absolute atomic E-state index is 0.0121. The van der Waals surface area contributed by atoms with Crippen LogP contribution in [0.4, 0.5) is 0 Å². The molecule has 0 saturated heterocycles. The summed E-state index contributed by atoms with van der Waals surface area (Å²) in [5.74, 6) is 0. The van der Waals surface area contributed by atoms with Gasteiger partial charge in [-0.15, -0.1) is 0 Å². The quantitative estimate of drug-likeness (QED) is 0.762. The standard InChI is InChI=1S/C16H27NO/c1-16(2,18-4)13-12-15(17-3)11-10-14-8-6-5-7-9-14/h5-9,15,17H,10-13H2,1-4H3. The molecule has 18 heavy (non-hydrogen) atoms. The fraction of sp³-hybridized carbons (Fsp3) is 0.625. The average molecular weight is 249 g/mol. The largest absolute Gasteiger partial charge is 0.379 e. The van der Waals surface area contributed by atoms with Crippen LogP contribution < -0.4 is 5.32 Å². The number of methoxy groups -OCH3 is 1. The van der Waals surface area contributed by atoms with Crippen molar-refractivity contribution in [3.63, 3.8) is 0 Å². The predicted octanol–water partition coefficient (Wildman–Crippen LogP) is 3.41. The molecule has 1 aromatic carbocycles. The van der Waals surface area contributed by atoms with E-state index in [1.54, 1.807) is 7.11 Å². The fourth-order valence-corrected chi connectivity index (χ4v) is 2.04. The summed E-state index contributed by atoms with van der Waals surface area (Å²) in [6.45, 7) is 4.30. The molecular formula is C16H27NO. The molecule has 102 valence electrons. The van der Waals surface area contributed by atoms with E-state index in [0.717, 1.165) is 19.3 Å². The first kappa shape index (κ1) is 15.2. The fourth-order valence-electron chi connectivity index (χ4n) is 2.04. The molecule has 1 atom stereocenters. The van der Waals surface area contributed by atoms with Gasteiger partial charge in [0.1, 0.15) is 0 Å². The third-order valence-electron chi connectivity index (χ3n) is 3.68. The molecule has 1 unspecified atom stereocenters. The van der Waals surface area contributed by atoms with Crippen molar-refractivity contribution in [2.24, 2.45) is 0 Å². The number of benzene rings is 1. The van der Waals surface area contributed by atoms with E-state index in [-0.39, 0.29) is 5.60 Å². The number of hydrogen-bond acceptors (Lipinski definition) is 2. The molecule has 0 bridgehead atoms. The van der Waals surface area contributed by atoms with Gasteiger partial charge < -0.3 is 10.1 Å². The zero-order valence-corrected chi connectivity index (χ0v) is 12.2. The van der Waals surface area contributed by atoms with Gasteiger partial charge in [0.05, 0.1) is 5.60 Å². The molecule has 0 aliphatic heterocycles. The van der Waals surface area contributed by atoms with E-state index in [2.05, 4.69) is 56.5 Å². The lowest BCUT2D eigenvalue weighted by Crippen LogP contribution is -2.30. The highest BCUT2D eigenvalue weighted by Gasteiger charge is 2.18. The molecule has 1 rings (SSSR count). The number of aryl methyl sites for hydroxylation is 1. The van der Waals surface area contributed by atoms with Crippen LogP contribution in [0.3, 0.4) is 0 Å². The van der Waals surface area contributed by atoms with Gasteiger partial charge in [-0.25, -0.2) is 0 Å². The highest BCUT2D eigenvalue weighted by Crippen LogP contribution is 2.18. The van der Waals surface area contributed by atoms with Gasteiger partial charge in [0.25, 0.3) is 0 Å². The summed E-state index contributed by atoms with van der Waals surface area (Å²) in [4.78, 5) is 0. The number of rotatable bonds is 8. The zero-order valence-electron chi connectivity index (χ0n) is 12.2. The van der Waals surface area contributed by atoms with Crippen molar-refractivity contribution in [3.8, 4) is 0 Å².